The maximum absolute atomic E-state index is 13.2. The van der Waals surface area contributed by atoms with Crippen molar-refractivity contribution < 1.29 is 4.39 Å². The van der Waals surface area contributed by atoms with Crippen molar-refractivity contribution >= 4 is 35.8 Å². The number of aromatic nitrogens is 2. The lowest BCUT2D eigenvalue weighted by Crippen LogP contribution is -2.41. The standard InChI is InChI=1S/C23H30FN7.HI/c1-27-22(30-14-12-23(16-30)10-2-3-11-23)28-13-4-5-20-19(15-25)21(26)31(29-20)18-8-6-17(24)7-9-18;/h6-9H,2-5,10-14,16,26H2,1H3,(H,27,28);1H. The maximum atomic E-state index is 13.2. The van der Waals surface area contributed by atoms with Crippen LogP contribution in [0.3, 0.4) is 0 Å². The molecule has 1 aromatic carbocycles. The van der Waals surface area contributed by atoms with Gasteiger partial charge in [-0.3, -0.25) is 4.99 Å². The van der Waals surface area contributed by atoms with Gasteiger partial charge in [0.1, 0.15) is 23.3 Å². The third-order valence-corrected chi connectivity index (χ3v) is 6.66. The molecule has 32 heavy (non-hydrogen) atoms. The number of halogens is 2. The molecule has 172 valence electrons. The first-order chi connectivity index (χ1) is 15.0. The Hall–Kier alpha value is -2.35. The summed E-state index contributed by atoms with van der Waals surface area (Å²) >= 11 is 0. The number of hydrogen-bond donors (Lipinski definition) is 2. The van der Waals surface area contributed by atoms with E-state index in [1.165, 1.54) is 48.9 Å². The van der Waals surface area contributed by atoms with E-state index < -0.39 is 0 Å². The van der Waals surface area contributed by atoms with Crippen molar-refractivity contribution in [3.63, 3.8) is 0 Å². The fourth-order valence-corrected chi connectivity index (χ4v) is 4.99. The number of nitrogens with zero attached hydrogens (tertiary/aromatic N) is 5. The van der Waals surface area contributed by atoms with Crippen LogP contribution in [-0.4, -0.2) is 47.3 Å². The third-order valence-electron chi connectivity index (χ3n) is 6.66. The van der Waals surface area contributed by atoms with Crippen molar-refractivity contribution in [2.45, 2.75) is 44.9 Å². The zero-order valence-corrected chi connectivity index (χ0v) is 20.8. The van der Waals surface area contributed by atoms with Gasteiger partial charge in [-0.2, -0.15) is 10.4 Å². The van der Waals surface area contributed by atoms with E-state index in [2.05, 4.69) is 26.4 Å². The van der Waals surface area contributed by atoms with Crippen LogP contribution in [0, 0.1) is 22.6 Å². The number of rotatable bonds is 5. The molecule has 1 aliphatic heterocycles. The van der Waals surface area contributed by atoms with E-state index in [9.17, 15) is 9.65 Å². The average molecular weight is 551 g/mol. The Balaban J connectivity index is 0.00000289. The molecule has 1 spiro atoms. The molecule has 2 aliphatic rings. The monoisotopic (exact) mass is 551 g/mol. The van der Waals surface area contributed by atoms with Gasteiger partial charge < -0.3 is 16.0 Å². The lowest BCUT2D eigenvalue weighted by atomic mass is 9.86. The number of nitriles is 1. The Morgan fingerprint density at radius 2 is 2.00 bits per heavy atom. The summed E-state index contributed by atoms with van der Waals surface area (Å²) in [5, 5.41) is 17.5. The van der Waals surface area contributed by atoms with Gasteiger partial charge in [-0.1, -0.05) is 12.8 Å². The highest BCUT2D eigenvalue weighted by atomic mass is 127. The van der Waals surface area contributed by atoms with Gasteiger partial charge in [0.05, 0.1) is 11.4 Å². The minimum atomic E-state index is -0.327. The molecule has 2 heterocycles. The molecule has 7 nitrogen and oxygen atoms in total. The van der Waals surface area contributed by atoms with E-state index in [0.717, 1.165) is 32.0 Å². The van der Waals surface area contributed by atoms with Gasteiger partial charge in [0.15, 0.2) is 5.96 Å². The summed E-state index contributed by atoms with van der Waals surface area (Å²) in [5.41, 5.74) is 8.32. The Morgan fingerprint density at radius 1 is 1.28 bits per heavy atom. The van der Waals surface area contributed by atoms with E-state index in [1.807, 2.05) is 7.05 Å². The average Bonchev–Trinajstić information content (AvgIpc) is 3.49. The summed E-state index contributed by atoms with van der Waals surface area (Å²) in [6.07, 6.45) is 8.08. The van der Waals surface area contributed by atoms with E-state index >= 15 is 0 Å². The van der Waals surface area contributed by atoms with E-state index in [-0.39, 0.29) is 35.6 Å². The van der Waals surface area contributed by atoms with Crippen LogP contribution in [0.1, 0.15) is 49.8 Å². The van der Waals surface area contributed by atoms with Gasteiger partial charge >= 0.3 is 0 Å². The number of guanidine groups is 1. The number of nitrogens with two attached hydrogens (primary N) is 1. The summed E-state index contributed by atoms with van der Waals surface area (Å²) in [6, 6.07) is 8.07. The first kappa shape index (κ1) is 24.3. The third kappa shape index (κ3) is 5.00. The van der Waals surface area contributed by atoms with E-state index in [1.54, 1.807) is 12.1 Å². The molecule has 0 bridgehead atoms. The molecule has 1 saturated heterocycles. The van der Waals surface area contributed by atoms with Gasteiger partial charge in [-0.15, -0.1) is 24.0 Å². The normalized spacial score (nSPS) is 17.4. The summed E-state index contributed by atoms with van der Waals surface area (Å²) < 4.78 is 14.7. The van der Waals surface area contributed by atoms with E-state index in [0.29, 0.717) is 28.8 Å². The molecular weight excluding hydrogens is 520 g/mol. The minimum absolute atomic E-state index is 0. The lowest BCUT2D eigenvalue weighted by molar-refractivity contribution is 0.309. The molecule has 2 aromatic rings. The van der Waals surface area contributed by atoms with E-state index in [4.69, 9.17) is 5.73 Å². The number of benzene rings is 1. The number of anilines is 1. The summed E-state index contributed by atoms with van der Waals surface area (Å²) in [4.78, 5) is 6.86. The second-order valence-electron chi connectivity index (χ2n) is 8.66. The Kier molecular flexibility index (Phi) is 7.98. The van der Waals surface area contributed by atoms with Gasteiger partial charge in [-0.25, -0.2) is 9.07 Å². The van der Waals surface area contributed by atoms with Crippen LogP contribution >= 0.6 is 24.0 Å². The largest absolute Gasteiger partial charge is 0.382 e. The second-order valence-corrected chi connectivity index (χ2v) is 8.66. The second kappa shape index (κ2) is 10.5. The number of hydrogen-bond acceptors (Lipinski definition) is 4. The molecular formula is C23H31FIN7. The minimum Gasteiger partial charge on any atom is -0.382 e. The Bertz CT molecular complexity index is 987. The molecule has 1 saturated carbocycles. The number of nitrogen functional groups attached to an aromatic ring is 1. The fraction of sp³-hybridized carbons (Fsp3) is 0.522. The van der Waals surface area contributed by atoms with Crippen molar-refractivity contribution in [2.75, 3.05) is 32.4 Å². The number of likely N-dealkylation sites (tertiary alicyclic amines) is 1. The molecule has 9 heteroatoms. The molecule has 3 N–H and O–H groups in total. The first-order valence-corrected chi connectivity index (χ1v) is 11.0. The van der Waals surface area contributed by atoms with Crippen LogP contribution < -0.4 is 11.1 Å². The maximum Gasteiger partial charge on any atom is 0.193 e. The van der Waals surface area contributed by atoms with Crippen molar-refractivity contribution in [3.05, 3.63) is 41.3 Å². The molecule has 0 amide bonds. The van der Waals surface area contributed by atoms with Gasteiger partial charge in [0.2, 0.25) is 0 Å². The van der Waals surface area contributed by atoms with Crippen molar-refractivity contribution in [3.8, 4) is 11.8 Å². The zero-order valence-electron chi connectivity index (χ0n) is 18.5. The van der Waals surface area contributed by atoms with Crippen LogP contribution in [0.25, 0.3) is 5.69 Å². The lowest BCUT2D eigenvalue weighted by Gasteiger charge is -2.25. The van der Waals surface area contributed by atoms with Gasteiger partial charge in [0.25, 0.3) is 0 Å². The van der Waals surface area contributed by atoms with Crippen LogP contribution in [0.15, 0.2) is 29.3 Å². The van der Waals surface area contributed by atoms with Crippen LogP contribution in [0.5, 0.6) is 0 Å². The van der Waals surface area contributed by atoms with Crippen molar-refractivity contribution in [2.24, 2.45) is 10.4 Å². The Morgan fingerprint density at radius 3 is 2.66 bits per heavy atom. The quantitative estimate of drug-likeness (QED) is 0.255. The number of nitrogens with one attached hydrogen (secondary N) is 1. The summed E-state index contributed by atoms with van der Waals surface area (Å²) in [6.45, 7) is 2.91. The van der Waals surface area contributed by atoms with Crippen molar-refractivity contribution in [1.29, 1.82) is 5.26 Å². The van der Waals surface area contributed by atoms with Crippen molar-refractivity contribution in [1.82, 2.24) is 20.0 Å². The summed E-state index contributed by atoms with van der Waals surface area (Å²) in [5.74, 6) is 0.916. The zero-order chi connectivity index (χ0) is 21.8. The SMILES string of the molecule is CN=C(NCCCc1nn(-c2ccc(F)cc2)c(N)c1C#N)N1CCC2(CCCC2)C1.I. The smallest absolute Gasteiger partial charge is 0.193 e. The van der Waals surface area contributed by atoms with Crippen LogP contribution in [0.4, 0.5) is 10.2 Å². The molecule has 2 fully saturated rings. The molecule has 4 rings (SSSR count). The van der Waals surface area contributed by atoms with Gasteiger partial charge in [0, 0.05) is 26.7 Å². The highest BCUT2D eigenvalue weighted by Gasteiger charge is 2.41. The topological polar surface area (TPSA) is 95.3 Å². The molecule has 0 radical (unpaired) electrons. The predicted molar refractivity (Wildman–Crippen MR) is 135 cm³/mol. The summed E-state index contributed by atoms with van der Waals surface area (Å²) in [7, 11) is 1.83. The number of aliphatic imine (C=N–C) groups is 1. The van der Waals surface area contributed by atoms with Crippen LogP contribution in [-0.2, 0) is 6.42 Å². The molecule has 1 aromatic heterocycles. The number of aryl methyl sites for hydroxylation is 1. The fourth-order valence-electron chi connectivity index (χ4n) is 4.99. The predicted octanol–water partition coefficient (Wildman–Crippen LogP) is 3.86. The first-order valence-electron chi connectivity index (χ1n) is 11.0. The van der Waals surface area contributed by atoms with Gasteiger partial charge in [-0.05, 0) is 61.8 Å². The molecule has 1 aliphatic carbocycles. The highest BCUT2D eigenvalue weighted by molar-refractivity contribution is 14.0. The molecule has 0 unspecified atom stereocenters. The highest BCUT2D eigenvalue weighted by Crippen LogP contribution is 2.45. The Labute approximate surface area is 205 Å². The van der Waals surface area contributed by atoms with Crippen LogP contribution in [0.2, 0.25) is 0 Å². The molecule has 0 atom stereocenters.